The van der Waals surface area contributed by atoms with Crippen molar-refractivity contribution >= 4 is 22.6 Å². The van der Waals surface area contributed by atoms with E-state index in [0.717, 1.165) is 6.42 Å². The quantitative estimate of drug-likeness (QED) is 0.731. The number of benzene rings is 1. The molecule has 2 aromatic rings. The van der Waals surface area contributed by atoms with Crippen molar-refractivity contribution in [3.05, 3.63) is 35.3 Å². The van der Waals surface area contributed by atoms with Gasteiger partial charge < -0.3 is 15.2 Å². The number of carboxylic acids is 1. The highest BCUT2D eigenvalue weighted by atomic mass is 19.1. The molecule has 0 aliphatic rings. The van der Waals surface area contributed by atoms with Crippen molar-refractivity contribution in [3.63, 3.8) is 0 Å². The van der Waals surface area contributed by atoms with Crippen molar-refractivity contribution < 1.29 is 19.0 Å². The Hall–Kier alpha value is -2.21. The minimum Gasteiger partial charge on any atom is -0.481 e. The van der Waals surface area contributed by atoms with Crippen molar-refractivity contribution in [1.82, 2.24) is 4.98 Å². The maximum Gasteiger partial charge on any atom is 0.307 e. The average Bonchev–Trinajstić information content (AvgIpc) is 2.50. The molecule has 0 atom stereocenters. The van der Waals surface area contributed by atoms with Gasteiger partial charge in [-0.25, -0.2) is 4.39 Å². The number of carboxylic acid groups (broad SMARTS) is 1. The predicted octanol–water partition coefficient (Wildman–Crippen LogP) is 3.15. The van der Waals surface area contributed by atoms with E-state index in [1.165, 1.54) is 12.1 Å². The third-order valence-corrected chi connectivity index (χ3v) is 3.55. The van der Waals surface area contributed by atoms with Gasteiger partial charge in [0.15, 0.2) is 0 Å². The molecule has 0 unspecified atom stereocenters. The van der Waals surface area contributed by atoms with E-state index in [2.05, 4.69) is 10.3 Å². The van der Waals surface area contributed by atoms with E-state index in [9.17, 15) is 9.18 Å². The summed E-state index contributed by atoms with van der Waals surface area (Å²) in [6.07, 6.45) is 0.623. The van der Waals surface area contributed by atoms with Gasteiger partial charge in [0.05, 0.1) is 11.9 Å². The molecule has 0 bridgehead atoms. The van der Waals surface area contributed by atoms with Crippen LogP contribution in [0.5, 0.6) is 0 Å². The normalized spacial score (nSPS) is 10.9. The summed E-state index contributed by atoms with van der Waals surface area (Å²) >= 11 is 0. The highest BCUT2D eigenvalue weighted by molar-refractivity contribution is 5.94. The number of aromatic nitrogens is 1. The molecular weight excluding hydrogens is 299 g/mol. The van der Waals surface area contributed by atoms with Gasteiger partial charge in [-0.2, -0.15) is 0 Å². The Morgan fingerprint density at radius 1 is 1.43 bits per heavy atom. The summed E-state index contributed by atoms with van der Waals surface area (Å²) in [6, 6.07) is 4.34. The van der Waals surface area contributed by atoms with Gasteiger partial charge in [-0.3, -0.25) is 9.78 Å². The first-order valence-corrected chi connectivity index (χ1v) is 7.65. The molecule has 6 heteroatoms. The molecule has 5 nitrogen and oxygen atoms in total. The van der Waals surface area contributed by atoms with Gasteiger partial charge in [0.2, 0.25) is 0 Å². The number of hydrogen-bond donors (Lipinski definition) is 2. The summed E-state index contributed by atoms with van der Waals surface area (Å²) in [5.41, 5.74) is 2.52. The van der Waals surface area contributed by atoms with Crippen LogP contribution < -0.4 is 5.32 Å². The molecule has 1 aromatic heterocycles. The maximum absolute atomic E-state index is 13.6. The molecule has 0 radical (unpaired) electrons. The zero-order valence-electron chi connectivity index (χ0n) is 13.4. The number of pyridine rings is 1. The molecule has 0 saturated heterocycles. The summed E-state index contributed by atoms with van der Waals surface area (Å²) < 4.78 is 18.9. The van der Waals surface area contributed by atoms with Crippen LogP contribution in [0.4, 0.5) is 10.1 Å². The number of aryl methyl sites for hydroxylation is 1. The van der Waals surface area contributed by atoms with Crippen LogP contribution in [0.1, 0.15) is 24.6 Å². The number of anilines is 1. The fourth-order valence-corrected chi connectivity index (χ4v) is 2.50. The maximum atomic E-state index is 13.6. The lowest BCUT2D eigenvalue weighted by Crippen LogP contribution is -2.12. The molecule has 0 aliphatic carbocycles. The van der Waals surface area contributed by atoms with E-state index >= 15 is 0 Å². The second-order valence-electron chi connectivity index (χ2n) is 5.26. The number of rotatable bonds is 8. The highest BCUT2D eigenvalue weighted by Crippen LogP contribution is 2.29. The Bertz CT molecular complexity index is 704. The number of halogens is 1. The van der Waals surface area contributed by atoms with E-state index in [1.807, 2.05) is 6.92 Å². The van der Waals surface area contributed by atoms with Crippen molar-refractivity contribution in [2.24, 2.45) is 0 Å². The number of nitrogens with one attached hydrogen (secondary N) is 1. The zero-order chi connectivity index (χ0) is 16.8. The second kappa shape index (κ2) is 7.87. The molecule has 0 aliphatic heterocycles. The van der Waals surface area contributed by atoms with Crippen LogP contribution in [0.15, 0.2) is 18.2 Å². The van der Waals surface area contributed by atoms with Gasteiger partial charge in [-0.05, 0) is 38.5 Å². The Kier molecular flexibility index (Phi) is 5.87. The van der Waals surface area contributed by atoms with Crippen molar-refractivity contribution in [3.8, 4) is 0 Å². The largest absolute Gasteiger partial charge is 0.481 e. The third-order valence-electron chi connectivity index (χ3n) is 3.55. The van der Waals surface area contributed by atoms with Gasteiger partial charge >= 0.3 is 5.97 Å². The molecule has 1 aromatic carbocycles. The van der Waals surface area contributed by atoms with Crippen LogP contribution in [0, 0.1) is 12.7 Å². The van der Waals surface area contributed by atoms with Crippen LogP contribution in [0.3, 0.4) is 0 Å². The molecule has 0 saturated carbocycles. The van der Waals surface area contributed by atoms with Crippen LogP contribution in [0.25, 0.3) is 10.9 Å². The summed E-state index contributed by atoms with van der Waals surface area (Å²) in [5.74, 6) is -1.31. The smallest absolute Gasteiger partial charge is 0.307 e. The average molecular weight is 320 g/mol. The highest BCUT2D eigenvalue weighted by Gasteiger charge is 2.15. The Labute approximate surface area is 134 Å². The lowest BCUT2D eigenvalue weighted by molar-refractivity contribution is -0.136. The van der Waals surface area contributed by atoms with Gasteiger partial charge in [0.25, 0.3) is 0 Å². The molecule has 23 heavy (non-hydrogen) atoms. The number of nitrogens with zero attached hydrogens (tertiary/aromatic N) is 1. The van der Waals surface area contributed by atoms with E-state index in [1.54, 1.807) is 13.0 Å². The summed E-state index contributed by atoms with van der Waals surface area (Å²) in [4.78, 5) is 15.5. The van der Waals surface area contributed by atoms with Crippen molar-refractivity contribution in [2.75, 3.05) is 25.1 Å². The Balaban J connectivity index is 2.38. The zero-order valence-corrected chi connectivity index (χ0v) is 13.4. The molecule has 2 rings (SSSR count). The van der Waals surface area contributed by atoms with E-state index in [-0.39, 0.29) is 12.2 Å². The number of carbonyl (C=O) groups is 1. The van der Waals surface area contributed by atoms with Crippen LogP contribution in [-0.4, -0.2) is 35.8 Å². The fourth-order valence-electron chi connectivity index (χ4n) is 2.50. The van der Waals surface area contributed by atoms with E-state index in [4.69, 9.17) is 9.84 Å². The number of ether oxygens (including phenoxy) is 1. The lowest BCUT2D eigenvalue weighted by atomic mass is 10.0. The molecular formula is C17H21FN2O3. The first kappa shape index (κ1) is 17.1. The number of aliphatic carboxylic acids is 1. The monoisotopic (exact) mass is 320 g/mol. The van der Waals surface area contributed by atoms with Gasteiger partial charge in [0, 0.05) is 42.1 Å². The minimum absolute atomic E-state index is 0.154. The van der Waals surface area contributed by atoms with Gasteiger partial charge in [-0.1, -0.05) is 0 Å². The Morgan fingerprint density at radius 2 is 2.22 bits per heavy atom. The van der Waals surface area contributed by atoms with Gasteiger partial charge in [-0.15, -0.1) is 0 Å². The first-order valence-electron chi connectivity index (χ1n) is 7.65. The topological polar surface area (TPSA) is 71.5 Å². The Morgan fingerprint density at radius 3 is 2.91 bits per heavy atom. The third kappa shape index (κ3) is 4.39. The van der Waals surface area contributed by atoms with Crippen LogP contribution in [-0.2, 0) is 16.0 Å². The predicted molar refractivity (Wildman–Crippen MR) is 87.4 cm³/mol. The minimum atomic E-state index is -0.942. The summed E-state index contributed by atoms with van der Waals surface area (Å²) in [5, 5.41) is 13.0. The number of hydrogen-bond acceptors (Lipinski definition) is 4. The molecule has 0 amide bonds. The molecule has 124 valence electrons. The van der Waals surface area contributed by atoms with Crippen molar-refractivity contribution in [1.29, 1.82) is 0 Å². The lowest BCUT2D eigenvalue weighted by Gasteiger charge is -2.16. The fraction of sp³-hybridized carbons (Fsp3) is 0.412. The molecule has 0 spiro atoms. The van der Waals surface area contributed by atoms with E-state index in [0.29, 0.717) is 47.6 Å². The van der Waals surface area contributed by atoms with E-state index < -0.39 is 5.97 Å². The number of fused-ring (bicyclic) bond motifs is 1. The molecule has 1 heterocycles. The SMILES string of the molecule is CCOCCCNc1c(CC(=O)O)c(C)nc2ccc(F)cc12. The molecule has 0 fully saturated rings. The van der Waals surface area contributed by atoms with Crippen LogP contribution in [0.2, 0.25) is 0 Å². The second-order valence-corrected chi connectivity index (χ2v) is 5.26. The van der Waals surface area contributed by atoms with Gasteiger partial charge in [0.1, 0.15) is 5.82 Å². The first-order chi connectivity index (χ1) is 11.0. The summed E-state index contributed by atoms with van der Waals surface area (Å²) in [7, 11) is 0. The van der Waals surface area contributed by atoms with Crippen molar-refractivity contribution in [2.45, 2.75) is 26.7 Å². The standard InChI is InChI=1S/C17H21FN2O3/c1-3-23-8-4-7-19-17-13(10-16(21)22)11(2)20-15-6-5-12(18)9-14(15)17/h5-6,9H,3-4,7-8,10H2,1-2H3,(H,19,20)(H,21,22). The molecule has 2 N–H and O–H groups in total. The summed E-state index contributed by atoms with van der Waals surface area (Å²) in [6.45, 7) is 5.59. The van der Waals surface area contributed by atoms with Crippen LogP contribution >= 0.6 is 0 Å².